The Hall–Kier alpha value is -2.47. The lowest BCUT2D eigenvalue weighted by Gasteiger charge is -2.04. The third kappa shape index (κ3) is 2.34. The largest absolute Gasteiger partial charge is 0.508 e. The summed E-state index contributed by atoms with van der Waals surface area (Å²) < 4.78 is 4.57. The molecule has 6 heteroatoms. The number of methoxy groups -OCH3 is 1. The summed E-state index contributed by atoms with van der Waals surface area (Å²) >= 11 is 1.10. The average Bonchev–Trinajstić information content (AvgIpc) is 3.12. The Morgan fingerprint density at radius 3 is 2.95 bits per heavy atom. The van der Waals surface area contributed by atoms with Gasteiger partial charge in [0, 0.05) is 11.0 Å². The molecule has 0 aliphatic heterocycles. The van der Waals surface area contributed by atoms with Crippen LogP contribution < -0.4 is 0 Å². The summed E-state index contributed by atoms with van der Waals surface area (Å²) in [7, 11) is 1.27. The first kappa shape index (κ1) is 13.5. The van der Waals surface area contributed by atoms with Crippen LogP contribution >= 0.6 is 11.3 Å². The van der Waals surface area contributed by atoms with Crippen LogP contribution in [0.3, 0.4) is 0 Å². The van der Waals surface area contributed by atoms with Gasteiger partial charge in [0.1, 0.15) is 5.75 Å². The molecule has 0 bridgehead atoms. The molecule has 0 saturated carbocycles. The van der Waals surface area contributed by atoms with Gasteiger partial charge in [0.2, 0.25) is 5.78 Å². The topological polar surface area (TPSA) is 76.5 Å². The zero-order chi connectivity index (χ0) is 15.0. The summed E-state index contributed by atoms with van der Waals surface area (Å²) in [5.41, 5.74) is 2.34. The Balaban J connectivity index is 1.93. The summed E-state index contributed by atoms with van der Waals surface area (Å²) in [6, 6.07) is 4.96. The number of esters is 1. The lowest BCUT2D eigenvalue weighted by molar-refractivity contribution is 0.0595. The molecular formula is C15H11NO4S. The molecule has 2 aromatic rings. The van der Waals surface area contributed by atoms with Gasteiger partial charge in [-0.3, -0.25) is 4.79 Å². The van der Waals surface area contributed by atoms with Gasteiger partial charge in [-0.25, -0.2) is 9.78 Å². The first-order valence-electron chi connectivity index (χ1n) is 6.21. The number of fused-ring (bicyclic) bond motifs is 1. The van der Waals surface area contributed by atoms with Crippen LogP contribution in [-0.2, 0) is 11.2 Å². The van der Waals surface area contributed by atoms with Gasteiger partial charge in [0.05, 0.1) is 7.11 Å². The van der Waals surface area contributed by atoms with Crippen LogP contribution in [0.5, 0.6) is 5.75 Å². The predicted molar refractivity (Wildman–Crippen MR) is 77.6 cm³/mol. The number of phenolic OH excluding ortho intramolecular Hbond substituents is 1. The summed E-state index contributed by atoms with van der Waals surface area (Å²) in [5.74, 6) is -0.702. The number of aromatic nitrogens is 1. The van der Waals surface area contributed by atoms with E-state index in [1.807, 2.05) is 6.08 Å². The fourth-order valence-corrected chi connectivity index (χ4v) is 2.96. The number of benzene rings is 1. The number of hydrogen-bond acceptors (Lipinski definition) is 6. The maximum atomic E-state index is 12.5. The van der Waals surface area contributed by atoms with Crippen LogP contribution in [-0.4, -0.2) is 29.0 Å². The molecule has 1 aromatic heterocycles. The molecule has 0 atom stereocenters. The smallest absolute Gasteiger partial charge is 0.357 e. The van der Waals surface area contributed by atoms with Gasteiger partial charge in [0.25, 0.3) is 0 Å². The van der Waals surface area contributed by atoms with Crippen LogP contribution in [0.25, 0.3) is 5.57 Å². The third-order valence-electron chi connectivity index (χ3n) is 3.25. The fourth-order valence-electron chi connectivity index (χ4n) is 2.22. The van der Waals surface area contributed by atoms with E-state index in [1.165, 1.54) is 12.5 Å². The van der Waals surface area contributed by atoms with Gasteiger partial charge in [0.15, 0.2) is 10.7 Å². The number of aromatic hydroxyl groups is 1. The number of ketones is 1. The lowest BCUT2D eigenvalue weighted by Crippen LogP contribution is -2.05. The van der Waals surface area contributed by atoms with Crippen molar-refractivity contribution in [3.8, 4) is 5.75 Å². The fraction of sp³-hybridized carbons (Fsp3) is 0.133. The number of carbonyl (C=O) groups excluding carboxylic acids is 2. The van der Waals surface area contributed by atoms with Crippen LogP contribution in [0.2, 0.25) is 0 Å². The highest BCUT2D eigenvalue weighted by atomic mass is 32.1. The Bertz CT molecular complexity index is 776. The van der Waals surface area contributed by atoms with Crippen molar-refractivity contribution in [1.29, 1.82) is 0 Å². The molecule has 1 aromatic carbocycles. The maximum absolute atomic E-state index is 12.5. The van der Waals surface area contributed by atoms with Crippen molar-refractivity contribution >= 4 is 28.7 Å². The minimum Gasteiger partial charge on any atom is -0.508 e. The minimum atomic E-state index is -0.566. The van der Waals surface area contributed by atoms with Crippen molar-refractivity contribution in [3.63, 3.8) is 0 Å². The number of nitrogens with zero attached hydrogens (tertiary/aromatic N) is 1. The third-order valence-corrected chi connectivity index (χ3v) is 4.09. The second-order valence-corrected chi connectivity index (χ2v) is 5.38. The Morgan fingerprint density at radius 1 is 1.38 bits per heavy atom. The number of carbonyl (C=O) groups is 2. The zero-order valence-electron chi connectivity index (χ0n) is 11.1. The minimum absolute atomic E-state index is 0.115. The van der Waals surface area contributed by atoms with Gasteiger partial charge in [-0.2, -0.15) is 0 Å². The number of Topliss-reactive ketones (excluding diaryl/α,β-unsaturated/α-hetero) is 1. The van der Waals surface area contributed by atoms with E-state index in [4.69, 9.17) is 0 Å². The number of allylic oxidation sites excluding steroid dienone is 2. The number of thiazole rings is 1. The molecule has 1 aliphatic carbocycles. The highest BCUT2D eigenvalue weighted by molar-refractivity contribution is 7.12. The summed E-state index contributed by atoms with van der Waals surface area (Å²) in [6.07, 6.45) is 2.46. The van der Waals surface area contributed by atoms with Gasteiger partial charge in [-0.05, 0) is 29.7 Å². The molecule has 0 spiro atoms. The highest BCUT2D eigenvalue weighted by Gasteiger charge is 2.24. The van der Waals surface area contributed by atoms with E-state index in [0.717, 1.165) is 22.5 Å². The maximum Gasteiger partial charge on any atom is 0.357 e. The van der Waals surface area contributed by atoms with Gasteiger partial charge < -0.3 is 9.84 Å². The van der Waals surface area contributed by atoms with Crippen LogP contribution in [0.1, 0.15) is 31.4 Å². The van der Waals surface area contributed by atoms with Crippen LogP contribution in [0.15, 0.2) is 29.7 Å². The van der Waals surface area contributed by atoms with E-state index in [-0.39, 0.29) is 22.2 Å². The first-order valence-corrected chi connectivity index (χ1v) is 7.09. The van der Waals surface area contributed by atoms with E-state index in [1.54, 1.807) is 18.2 Å². The van der Waals surface area contributed by atoms with Crippen molar-refractivity contribution in [1.82, 2.24) is 4.98 Å². The average molecular weight is 301 g/mol. The van der Waals surface area contributed by atoms with Crippen molar-refractivity contribution < 1.29 is 19.4 Å². The van der Waals surface area contributed by atoms with E-state index < -0.39 is 5.97 Å². The summed E-state index contributed by atoms with van der Waals surface area (Å²) in [5, 5.41) is 11.3. The second kappa shape index (κ2) is 5.14. The summed E-state index contributed by atoms with van der Waals surface area (Å²) in [6.45, 7) is 0. The molecule has 0 unspecified atom stereocenters. The molecule has 5 nitrogen and oxygen atoms in total. The number of hydrogen-bond donors (Lipinski definition) is 1. The van der Waals surface area contributed by atoms with Crippen LogP contribution in [0.4, 0.5) is 0 Å². The van der Waals surface area contributed by atoms with E-state index in [9.17, 15) is 14.7 Å². The second-order valence-electron chi connectivity index (χ2n) is 4.52. The molecule has 0 radical (unpaired) electrons. The Morgan fingerprint density at radius 2 is 2.19 bits per heavy atom. The Labute approximate surface area is 124 Å². The summed E-state index contributed by atoms with van der Waals surface area (Å²) in [4.78, 5) is 27.9. The van der Waals surface area contributed by atoms with Crippen molar-refractivity contribution in [2.45, 2.75) is 6.42 Å². The molecule has 21 heavy (non-hydrogen) atoms. The molecule has 1 aliphatic rings. The zero-order valence-corrected chi connectivity index (χ0v) is 11.9. The lowest BCUT2D eigenvalue weighted by atomic mass is 10.0. The predicted octanol–water partition coefficient (Wildman–Crippen LogP) is 2.46. The van der Waals surface area contributed by atoms with Crippen molar-refractivity contribution in [2.24, 2.45) is 0 Å². The van der Waals surface area contributed by atoms with E-state index in [2.05, 4.69) is 9.72 Å². The van der Waals surface area contributed by atoms with Gasteiger partial charge in [-0.15, -0.1) is 11.3 Å². The number of phenols is 1. The van der Waals surface area contributed by atoms with E-state index >= 15 is 0 Å². The molecule has 1 N–H and O–H groups in total. The molecule has 3 rings (SSSR count). The molecular weight excluding hydrogens is 290 g/mol. The molecule has 0 amide bonds. The number of rotatable bonds is 3. The number of ether oxygens (including phenoxy) is 1. The van der Waals surface area contributed by atoms with Crippen molar-refractivity contribution in [3.05, 3.63) is 51.5 Å². The molecule has 1 heterocycles. The van der Waals surface area contributed by atoms with Gasteiger partial charge in [-0.1, -0.05) is 12.1 Å². The standard InChI is InChI=1S/C15H11NO4S/c1-20-15(19)12-7-21-14(16-12)13(18)10-5-3-8-2-4-9(17)6-11(8)10/h2,4-7,17H,3H2,1H3. The molecule has 0 fully saturated rings. The molecule has 106 valence electrons. The van der Waals surface area contributed by atoms with E-state index in [0.29, 0.717) is 12.0 Å². The monoisotopic (exact) mass is 301 g/mol. The first-order chi connectivity index (χ1) is 10.1. The molecule has 0 saturated heterocycles. The van der Waals surface area contributed by atoms with Crippen LogP contribution in [0, 0.1) is 0 Å². The SMILES string of the molecule is COC(=O)c1csc(C(=O)C2=CCc3ccc(O)cc32)n1. The highest BCUT2D eigenvalue weighted by Crippen LogP contribution is 2.33. The normalized spacial score (nSPS) is 12.7. The quantitative estimate of drug-likeness (QED) is 0.696. The Kier molecular flexibility index (Phi) is 3.31. The van der Waals surface area contributed by atoms with Crippen molar-refractivity contribution in [2.75, 3.05) is 7.11 Å². The van der Waals surface area contributed by atoms with Gasteiger partial charge >= 0.3 is 5.97 Å².